The van der Waals surface area contributed by atoms with Crippen LogP contribution < -0.4 is 16.0 Å². The summed E-state index contributed by atoms with van der Waals surface area (Å²) in [6, 6.07) is 7.13. The van der Waals surface area contributed by atoms with Crippen LogP contribution in [0.4, 0.5) is 17.1 Å². The van der Waals surface area contributed by atoms with E-state index in [1.165, 1.54) is 15.8 Å². The number of para-hydroxylation sites is 2. The summed E-state index contributed by atoms with van der Waals surface area (Å²) in [5.41, 5.74) is 7.60. The van der Waals surface area contributed by atoms with E-state index in [0.29, 0.717) is 17.1 Å². The second-order valence-corrected chi connectivity index (χ2v) is 4.53. The Bertz CT molecular complexity index is 687. The Kier molecular flexibility index (Phi) is 2.67. The third-order valence-corrected chi connectivity index (χ3v) is 3.19. The van der Waals surface area contributed by atoms with Gasteiger partial charge in [0.2, 0.25) is 5.91 Å². The fourth-order valence-electron chi connectivity index (χ4n) is 2.26. The number of nitrogens with two attached hydrogens (primary N) is 1. The maximum absolute atomic E-state index is 12.6. The maximum atomic E-state index is 12.6. The first-order valence-electron chi connectivity index (χ1n) is 6.06. The van der Waals surface area contributed by atoms with E-state index in [1.807, 2.05) is 6.07 Å². The molecule has 1 aliphatic rings. The zero-order valence-corrected chi connectivity index (χ0v) is 10.8. The Morgan fingerprint density at radius 1 is 1.40 bits per heavy atom. The Hall–Kier alpha value is -2.83. The van der Waals surface area contributed by atoms with Gasteiger partial charge in [-0.1, -0.05) is 12.1 Å². The highest BCUT2D eigenvalue weighted by molar-refractivity contribution is 6.16. The average molecular weight is 271 g/mol. The van der Waals surface area contributed by atoms with E-state index in [0.717, 1.165) is 0 Å². The zero-order valence-electron chi connectivity index (χ0n) is 10.8. The van der Waals surface area contributed by atoms with Gasteiger partial charge >= 0.3 is 0 Å². The van der Waals surface area contributed by atoms with Gasteiger partial charge in [0.25, 0.3) is 5.91 Å². The minimum atomic E-state index is -0.343. The van der Waals surface area contributed by atoms with Crippen molar-refractivity contribution in [1.82, 2.24) is 9.78 Å². The molecular formula is C13H13N5O2. The van der Waals surface area contributed by atoms with Crippen LogP contribution in [0.5, 0.6) is 0 Å². The molecule has 0 radical (unpaired) electrons. The van der Waals surface area contributed by atoms with Gasteiger partial charge in [0, 0.05) is 7.05 Å². The van der Waals surface area contributed by atoms with E-state index in [9.17, 15) is 9.59 Å². The molecule has 0 saturated carbocycles. The number of benzene rings is 1. The van der Waals surface area contributed by atoms with Crippen molar-refractivity contribution in [2.24, 2.45) is 7.05 Å². The first-order chi connectivity index (χ1) is 9.58. The summed E-state index contributed by atoms with van der Waals surface area (Å²) < 4.78 is 1.41. The first kappa shape index (κ1) is 12.2. The molecule has 0 unspecified atom stereocenters. The number of anilines is 3. The summed E-state index contributed by atoms with van der Waals surface area (Å²) in [6.07, 6.45) is 1.42. The molecule has 7 heteroatoms. The molecule has 0 bridgehead atoms. The normalized spacial score (nSPS) is 13.8. The molecule has 0 atom stereocenters. The molecule has 2 heterocycles. The van der Waals surface area contributed by atoms with Gasteiger partial charge in [-0.25, -0.2) is 0 Å². The smallest absolute Gasteiger partial charge is 0.279 e. The SMILES string of the molecule is Cn1ncc(N)c1C(=O)N1CC(=O)Nc2ccccc21. The monoisotopic (exact) mass is 271 g/mol. The molecule has 3 rings (SSSR count). The van der Waals surface area contributed by atoms with Crippen LogP contribution in [-0.4, -0.2) is 28.1 Å². The van der Waals surface area contributed by atoms with Gasteiger partial charge in [0.1, 0.15) is 12.2 Å². The van der Waals surface area contributed by atoms with Crippen molar-refractivity contribution in [3.63, 3.8) is 0 Å². The largest absolute Gasteiger partial charge is 0.396 e. The Balaban J connectivity index is 2.07. The first-order valence-corrected chi connectivity index (χ1v) is 6.06. The minimum absolute atomic E-state index is 0.0412. The summed E-state index contributed by atoms with van der Waals surface area (Å²) in [4.78, 5) is 25.7. The molecule has 1 aromatic carbocycles. The standard InChI is InChI=1S/C13H13N5O2/c1-17-12(8(14)6-15-17)13(20)18-7-11(19)16-9-4-2-3-5-10(9)18/h2-6H,7,14H2,1H3,(H,16,19). The van der Waals surface area contributed by atoms with E-state index >= 15 is 0 Å². The second-order valence-electron chi connectivity index (χ2n) is 4.53. The lowest BCUT2D eigenvalue weighted by Crippen LogP contribution is -2.43. The van der Waals surface area contributed by atoms with Crippen molar-refractivity contribution in [1.29, 1.82) is 0 Å². The van der Waals surface area contributed by atoms with Crippen LogP contribution in [0.2, 0.25) is 0 Å². The van der Waals surface area contributed by atoms with Gasteiger partial charge in [-0.05, 0) is 12.1 Å². The predicted molar refractivity (Wildman–Crippen MR) is 74.4 cm³/mol. The third kappa shape index (κ3) is 1.80. The Labute approximate surface area is 115 Å². The van der Waals surface area contributed by atoms with E-state index in [4.69, 9.17) is 5.73 Å². The van der Waals surface area contributed by atoms with Crippen molar-refractivity contribution in [3.8, 4) is 0 Å². The van der Waals surface area contributed by atoms with Crippen LogP contribution in [0.15, 0.2) is 30.5 Å². The van der Waals surface area contributed by atoms with E-state index < -0.39 is 0 Å². The van der Waals surface area contributed by atoms with E-state index in [-0.39, 0.29) is 24.1 Å². The number of hydrogen-bond acceptors (Lipinski definition) is 4. The number of aromatic nitrogens is 2. The van der Waals surface area contributed by atoms with Gasteiger partial charge in [-0.3, -0.25) is 19.2 Å². The highest BCUT2D eigenvalue weighted by Crippen LogP contribution is 2.30. The lowest BCUT2D eigenvalue weighted by Gasteiger charge is -2.29. The topological polar surface area (TPSA) is 93.2 Å². The molecule has 3 N–H and O–H groups in total. The number of rotatable bonds is 1. The highest BCUT2D eigenvalue weighted by Gasteiger charge is 2.30. The molecule has 0 fully saturated rings. The number of hydrogen-bond donors (Lipinski definition) is 2. The van der Waals surface area contributed by atoms with E-state index in [1.54, 1.807) is 25.2 Å². The number of carbonyl (C=O) groups excluding carboxylic acids is 2. The lowest BCUT2D eigenvalue weighted by molar-refractivity contribution is -0.115. The molecule has 2 aromatic rings. The maximum Gasteiger partial charge on any atom is 0.279 e. The fraction of sp³-hybridized carbons (Fsp3) is 0.154. The lowest BCUT2D eigenvalue weighted by atomic mass is 10.1. The molecule has 20 heavy (non-hydrogen) atoms. The summed E-state index contributed by atoms with van der Waals surface area (Å²) in [5, 5.41) is 6.68. The van der Waals surface area contributed by atoms with Gasteiger partial charge in [0.15, 0.2) is 0 Å². The number of amides is 2. The molecule has 1 aliphatic heterocycles. The summed E-state index contributed by atoms with van der Waals surface area (Å²) >= 11 is 0. The third-order valence-electron chi connectivity index (χ3n) is 3.19. The second kappa shape index (κ2) is 4.37. The number of nitrogens with zero attached hydrogens (tertiary/aromatic N) is 3. The van der Waals surface area contributed by atoms with Gasteiger partial charge in [-0.15, -0.1) is 0 Å². The average Bonchev–Trinajstić information content (AvgIpc) is 2.76. The van der Waals surface area contributed by atoms with Crippen LogP contribution in [0.1, 0.15) is 10.5 Å². The fourth-order valence-corrected chi connectivity index (χ4v) is 2.26. The van der Waals surface area contributed by atoms with Crippen LogP contribution in [0.3, 0.4) is 0 Å². The Morgan fingerprint density at radius 2 is 2.15 bits per heavy atom. The van der Waals surface area contributed by atoms with Gasteiger partial charge in [0.05, 0.1) is 23.3 Å². The molecule has 0 aliphatic carbocycles. The highest BCUT2D eigenvalue weighted by atomic mass is 16.2. The Morgan fingerprint density at radius 3 is 2.85 bits per heavy atom. The van der Waals surface area contributed by atoms with Gasteiger partial charge in [-0.2, -0.15) is 5.10 Å². The molecule has 102 valence electrons. The van der Waals surface area contributed by atoms with E-state index in [2.05, 4.69) is 10.4 Å². The summed E-state index contributed by atoms with van der Waals surface area (Å²) in [7, 11) is 1.64. The van der Waals surface area contributed by atoms with Crippen molar-refractivity contribution in [2.45, 2.75) is 0 Å². The van der Waals surface area contributed by atoms with Crippen LogP contribution in [0.25, 0.3) is 0 Å². The zero-order chi connectivity index (χ0) is 14.3. The van der Waals surface area contributed by atoms with Crippen LogP contribution >= 0.6 is 0 Å². The predicted octanol–water partition coefficient (Wildman–Crippen LogP) is 0.601. The summed E-state index contributed by atoms with van der Waals surface area (Å²) in [5.74, 6) is -0.581. The number of carbonyl (C=O) groups is 2. The molecule has 0 saturated heterocycles. The quantitative estimate of drug-likeness (QED) is 0.794. The number of nitrogen functional groups attached to an aromatic ring is 1. The molecule has 7 nitrogen and oxygen atoms in total. The number of aryl methyl sites for hydroxylation is 1. The van der Waals surface area contributed by atoms with Crippen molar-refractivity contribution >= 4 is 28.9 Å². The minimum Gasteiger partial charge on any atom is -0.396 e. The van der Waals surface area contributed by atoms with Gasteiger partial charge < -0.3 is 11.1 Å². The number of fused-ring (bicyclic) bond motifs is 1. The molecular weight excluding hydrogens is 258 g/mol. The van der Waals surface area contributed by atoms with Crippen molar-refractivity contribution in [3.05, 3.63) is 36.2 Å². The van der Waals surface area contributed by atoms with Crippen molar-refractivity contribution < 1.29 is 9.59 Å². The summed E-state index contributed by atoms with van der Waals surface area (Å²) in [6.45, 7) is -0.0412. The molecule has 0 spiro atoms. The molecule has 2 amide bonds. The number of nitrogens with one attached hydrogen (secondary N) is 1. The van der Waals surface area contributed by atoms with Crippen LogP contribution in [-0.2, 0) is 11.8 Å². The molecule has 1 aromatic heterocycles. The van der Waals surface area contributed by atoms with Crippen molar-refractivity contribution in [2.75, 3.05) is 22.5 Å². The van der Waals surface area contributed by atoms with Crippen LogP contribution in [0, 0.1) is 0 Å².